The van der Waals surface area contributed by atoms with Crippen molar-refractivity contribution in [1.82, 2.24) is 5.32 Å². The number of ether oxygens (including phenoxy) is 3. The third-order valence-electron chi connectivity index (χ3n) is 2.92. The van der Waals surface area contributed by atoms with Gasteiger partial charge in [-0.2, -0.15) is 0 Å². The summed E-state index contributed by atoms with van der Waals surface area (Å²) < 4.78 is 16.1. The molecule has 5 nitrogen and oxygen atoms in total. The van der Waals surface area contributed by atoms with E-state index in [1.807, 2.05) is 25.1 Å². The molecule has 0 saturated carbocycles. The summed E-state index contributed by atoms with van der Waals surface area (Å²) in [5.41, 5.74) is 1.04. The zero-order valence-corrected chi connectivity index (χ0v) is 13.4. The molecule has 0 spiro atoms. The zero-order chi connectivity index (χ0) is 15.7. The molecule has 120 valence electrons. The molecule has 2 N–H and O–H groups in total. The molecule has 1 rings (SSSR count). The maximum absolute atomic E-state index is 9.78. The lowest BCUT2D eigenvalue weighted by Gasteiger charge is -2.17. The predicted molar refractivity (Wildman–Crippen MR) is 83.0 cm³/mol. The molecule has 0 aromatic heterocycles. The topological polar surface area (TPSA) is 60.0 Å². The molecule has 0 aliphatic carbocycles. The fourth-order valence-corrected chi connectivity index (χ4v) is 1.74. The van der Waals surface area contributed by atoms with E-state index in [9.17, 15) is 5.11 Å². The van der Waals surface area contributed by atoms with E-state index in [-0.39, 0.29) is 13.2 Å². The van der Waals surface area contributed by atoms with Crippen molar-refractivity contribution in [2.45, 2.75) is 39.5 Å². The third-order valence-corrected chi connectivity index (χ3v) is 2.92. The first-order chi connectivity index (χ1) is 10.1. The number of aliphatic hydroxyl groups excluding tert-OH is 1. The third kappa shape index (κ3) is 6.80. The van der Waals surface area contributed by atoms with Gasteiger partial charge < -0.3 is 24.6 Å². The van der Waals surface area contributed by atoms with E-state index in [0.717, 1.165) is 17.1 Å². The highest BCUT2D eigenvalue weighted by Gasteiger charge is 2.10. The van der Waals surface area contributed by atoms with Crippen LogP contribution in [0.15, 0.2) is 18.2 Å². The van der Waals surface area contributed by atoms with Gasteiger partial charge in [0.15, 0.2) is 0 Å². The minimum Gasteiger partial charge on any atom is -0.497 e. The van der Waals surface area contributed by atoms with E-state index >= 15 is 0 Å². The van der Waals surface area contributed by atoms with Gasteiger partial charge in [0.2, 0.25) is 0 Å². The van der Waals surface area contributed by atoms with Crippen LogP contribution in [-0.2, 0) is 11.3 Å². The number of hydrogen-bond acceptors (Lipinski definition) is 5. The van der Waals surface area contributed by atoms with Crippen LogP contribution in [0.1, 0.15) is 26.3 Å². The molecule has 5 heteroatoms. The minimum atomic E-state index is -0.637. The Balaban J connectivity index is 2.67. The van der Waals surface area contributed by atoms with E-state index in [0.29, 0.717) is 19.2 Å². The highest BCUT2D eigenvalue weighted by atomic mass is 16.5. The summed E-state index contributed by atoms with van der Waals surface area (Å²) in [6.07, 6.45) is -0.637. The quantitative estimate of drug-likeness (QED) is 0.691. The first kappa shape index (κ1) is 17.8. The Morgan fingerprint density at radius 2 is 2.00 bits per heavy atom. The average Bonchev–Trinajstić information content (AvgIpc) is 2.48. The zero-order valence-electron chi connectivity index (χ0n) is 13.4. The maximum Gasteiger partial charge on any atom is 0.127 e. The van der Waals surface area contributed by atoms with Gasteiger partial charge in [0, 0.05) is 30.8 Å². The molecular formula is C16H27NO4. The van der Waals surface area contributed by atoms with Crippen LogP contribution in [0.4, 0.5) is 0 Å². The van der Waals surface area contributed by atoms with Gasteiger partial charge in [-0.3, -0.25) is 0 Å². The average molecular weight is 297 g/mol. The molecule has 0 aliphatic rings. The minimum absolute atomic E-state index is 0.196. The number of aliphatic hydroxyl groups is 1. The van der Waals surface area contributed by atoms with Gasteiger partial charge in [-0.1, -0.05) is 19.9 Å². The molecule has 0 fully saturated rings. The van der Waals surface area contributed by atoms with Crippen LogP contribution in [-0.4, -0.2) is 44.2 Å². The van der Waals surface area contributed by atoms with Crippen molar-refractivity contribution in [3.8, 4) is 11.5 Å². The van der Waals surface area contributed by atoms with E-state index < -0.39 is 6.10 Å². The second-order valence-electron chi connectivity index (χ2n) is 5.13. The normalized spacial score (nSPS) is 12.5. The monoisotopic (exact) mass is 297 g/mol. The number of rotatable bonds is 10. The number of hydrogen-bond donors (Lipinski definition) is 2. The van der Waals surface area contributed by atoms with Crippen LogP contribution in [0.2, 0.25) is 0 Å². The van der Waals surface area contributed by atoms with Crippen LogP contribution in [0, 0.1) is 0 Å². The van der Waals surface area contributed by atoms with E-state index in [1.165, 1.54) is 0 Å². The Morgan fingerprint density at radius 3 is 2.62 bits per heavy atom. The standard InChI is InChI=1S/C16H27NO4/c1-5-20-10-14(18)11-21-16-8-15(19-4)7-6-13(16)9-17-12(2)3/h6-8,12,14,17-18H,5,9-11H2,1-4H3. The van der Waals surface area contributed by atoms with Crippen LogP contribution in [0.3, 0.4) is 0 Å². The van der Waals surface area contributed by atoms with E-state index in [1.54, 1.807) is 7.11 Å². The molecule has 0 radical (unpaired) electrons. The molecule has 21 heavy (non-hydrogen) atoms. The summed E-state index contributed by atoms with van der Waals surface area (Å²) in [6, 6.07) is 6.10. The number of nitrogens with one attached hydrogen (secondary N) is 1. The number of methoxy groups -OCH3 is 1. The van der Waals surface area contributed by atoms with Crippen LogP contribution in [0.25, 0.3) is 0 Å². The molecule has 0 bridgehead atoms. The van der Waals surface area contributed by atoms with Gasteiger partial charge >= 0.3 is 0 Å². The summed E-state index contributed by atoms with van der Waals surface area (Å²) in [5.74, 6) is 1.45. The molecule has 1 aromatic carbocycles. The second-order valence-corrected chi connectivity index (χ2v) is 5.13. The van der Waals surface area contributed by atoms with Gasteiger partial charge in [-0.05, 0) is 13.0 Å². The van der Waals surface area contributed by atoms with Crippen molar-refractivity contribution in [2.75, 3.05) is 26.9 Å². The fourth-order valence-electron chi connectivity index (χ4n) is 1.74. The van der Waals surface area contributed by atoms with Crippen molar-refractivity contribution in [3.05, 3.63) is 23.8 Å². The molecular weight excluding hydrogens is 270 g/mol. The predicted octanol–water partition coefficient (Wildman–Crippen LogP) is 1.97. The van der Waals surface area contributed by atoms with E-state index in [2.05, 4.69) is 19.2 Å². The summed E-state index contributed by atoms with van der Waals surface area (Å²) in [7, 11) is 1.62. The van der Waals surface area contributed by atoms with Gasteiger partial charge in [-0.25, -0.2) is 0 Å². The fraction of sp³-hybridized carbons (Fsp3) is 0.625. The SMILES string of the molecule is CCOCC(O)COc1cc(OC)ccc1CNC(C)C. The van der Waals surface area contributed by atoms with Gasteiger partial charge in [0.05, 0.1) is 13.7 Å². The van der Waals surface area contributed by atoms with Crippen molar-refractivity contribution < 1.29 is 19.3 Å². The Morgan fingerprint density at radius 1 is 1.24 bits per heavy atom. The number of benzene rings is 1. The smallest absolute Gasteiger partial charge is 0.127 e. The molecule has 1 aromatic rings. The summed E-state index contributed by atoms with van der Waals surface area (Å²) in [5, 5.41) is 13.1. The Hall–Kier alpha value is -1.30. The maximum atomic E-state index is 9.78. The lowest BCUT2D eigenvalue weighted by molar-refractivity contribution is 0.0162. The summed E-state index contributed by atoms with van der Waals surface area (Å²) >= 11 is 0. The Bertz CT molecular complexity index is 409. The molecule has 0 heterocycles. The first-order valence-corrected chi connectivity index (χ1v) is 7.35. The molecule has 1 unspecified atom stereocenters. The van der Waals surface area contributed by atoms with Gasteiger partial charge in [-0.15, -0.1) is 0 Å². The van der Waals surface area contributed by atoms with Crippen LogP contribution in [0.5, 0.6) is 11.5 Å². The summed E-state index contributed by atoms with van der Waals surface area (Å²) in [4.78, 5) is 0. The Kier molecular flexibility index (Phi) is 8.12. The highest BCUT2D eigenvalue weighted by molar-refractivity contribution is 5.40. The van der Waals surface area contributed by atoms with Crippen molar-refractivity contribution >= 4 is 0 Å². The largest absolute Gasteiger partial charge is 0.497 e. The molecule has 0 amide bonds. The first-order valence-electron chi connectivity index (χ1n) is 7.35. The van der Waals surface area contributed by atoms with Gasteiger partial charge in [0.25, 0.3) is 0 Å². The molecule has 0 saturated heterocycles. The van der Waals surface area contributed by atoms with Crippen LogP contribution < -0.4 is 14.8 Å². The Labute approximate surface area is 127 Å². The highest BCUT2D eigenvalue weighted by Crippen LogP contribution is 2.25. The molecule has 1 atom stereocenters. The van der Waals surface area contributed by atoms with Gasteiger partial charge in [0.1, 0.15) is 24.2 Å². The second kappa shape index (κ2) is 9.60. The van der Waals surface area contributed by atoms with E-state index in [4.69, 9.17) is 14.2 Å². The lowest BCUT2D eigenvalue weighted by Crippen LogP contribution is -2.25. The summed E-state index contributed by atoms with van der Waals surface area (Å²) in [6.45, 7) is 7.84. The van der Waals surface area contributed by atoms with Crippen molar-refractivity contribution in [2.24, 2.45) is 0 Å². The molecule has 0 aliphatic heterocycles. The van der Waals surface area contributed by atoms with Crippen molar-refractivity contribution in [1.29, 1.82) is 0 Å². The van der Waals surface area contributed by atoms with Crippen molar-refractivity contribution in [3.63, 3.8) is 0 Å². The van der Waals surface area contributed by atoms with Crippen LogP contribution >= 0.6 is 0 Å². The lowest BCUT2D eigenvalue weighted by atomic mass is 10.1.